The Morgan fingerprint density at radius 3 is 2.68 bits per heavy atom. The van der Waals surface area contributed by atoms with E-state index in [-0.39, 0.29) is 28.0 Å². The summed E-state index contributed by atoms with van der Waals surface area (Å²) in [6, 6.07) is 10.4. The first-order valence-corrected chi connectivity index (χ1v) is 9.73. The minimum absolute atomic E-state index is 0.166. The van der Waals surface area contributed by atoms with Gasteiger partial charge in [0.25, 0.3) is 5.56 Å². The molecule has 9 heteroatoms. The van der Waals surface area contributed by atoms with Crippen LogP contribution in [0.3, 0.4) is 0 Å². The summed E-state index contributed by atoms with van der Waals surface area (Å²) < 4.78 is 7.25. The molecule has 0 radical (unpaired) electrons. The monoisotopic (exact) mass is 478 g/mol. The molecule has 0 spiro atoms. The molecule has 142 valence electrons. The molecule has 0 saturated heterocycles. The van der Waals surface area contributed by atoms with Crippen LogP contribution in [0.2, 0.25) is 10.0 Å². The molecule has 0 aliphatic heterocycles. The van der Waals surface area contributed by atoms with Gasteiger partial charge in [0.1, 0.15) is 11.9 Å². The second-order valence-corrected chi connectivity index (χ2v) is 7.40. The summed E-state index contributed by atoms with van der Waals surface area (Å²) in [4.78, 5) is 17.4. The zero-order valence-electron chi connectivity index (χ0n) is 14.6. The van der Waals surface area contributed by atoms with E-state index in [4.69, 9.17) is 33.2 Å². The van der Waals surface area contributed by atoms with E-state index in [1.807, 2.05) is 19.1 Å². The number of nitriles is 1. The normalized spacial score (nSPS) is 11.1. The maximum absolute atomic E-state index is 12.9. The van der Waals surface area contributed by atoms with E-state index in [0.717, 1.165) is 4.47 Å². The van der Waals surface area contributed by atoms with E-state index in [9.17, 15) is 4.79 Å². The summed E-state index contributed by atoms with van der Waals surface area (Å²) in [5.41, 5.74) is 0.912. The first-order valence-electron chi connectivity index (χ1n) is 8.19. The lowest BCUT2D eigenvalue weighted by molar-refractivity contribution is 0.368. The third-order valence-corrected chi connectivity index (χ3v) is 4.87. The number of aromatic nitrogens is 2. The zero-order chi connectivity index (χ0) is 20.3. The third kappa shape index (κ3) is 4.20. The summed E-state index contributed by atoms with van der Waals surface area (Å²) in [6.07, 6.45) is 2.00. The van der Waals surface area contributed by atoms with Gasteiger partial charge in [-0.05, 0) is 35.9 Å². The molecule has 0 bridgehead atoms. The molecule has 3 rings (SSSR count). The van der Waals surface area contributed by atoms with E-state index in [2.05, 4.69) is 26.0 Å². The molecule has 0 N–H and O–H groups in total. The Balaban J connectivity index is 2.05. The van der Waals surface area contributed by atoms with Gasteiger partial charge < -0.3 is 4.74 Å². The van der Waals surface area contributed by atoms with Gasteiger partial charge >= 0.3 is 0 Å². The molecule has 0 unspecified atom stereocenters. The molecule has 1 aromatic heterocycles. The van der Waals surface area contributed by atoms with E-state index >= 15 is 0 Å². The second kappa shape index (κ2) is 8.74. The Hall–Kier alpha value is -2.40. The van der Waals surface area contributed by atoms with Crippen molar-refractivity contribution < 1.29 is 4.74 Å². The van der Waals surface area contributed by atoms with Crippen LogP contribution in [0.4, 0.5) is 0 Å². The zero-order valence-corrected chi connectivity index (χ0v) is 17.7. The van der Waals surface area contributed by atoms with Crippen LogP contribution in [-0.2, 0) is 6.42 Å². The fourth-order valence-corrected chi connectivity index (χ4v) is 3.54. The van der Waals surface area contributed by atoms with Crippen molar-refractivity contribution in [2.75, 3.05) is 6.61 Å². The lowest BCUT2D eigenvalue weighted by Gasteiger charge is -2.09. The van der Waals surface area contributed by atoms with Gasteiger partial charge in [-0.15, -0.1) is 0 Å². The lowest BCUT2D eigenvalue weighted by atomic mass is 10.2. The number of hydrogen-bond donors (Lipinski definition) is 0. The molecule has 6 nitrogen and oxygen atoms in total. The van der Waals surface area contributed by atoms with Gasteiger partial charge in [0.2, 0.25) is 0 Å². The fraction of sp³-hybridized carbons (Fsp3) is 0.158. The minimum atomic E-state index is -0.273. The van der Waals surface area contributed by atoms with Crippen molar-refractivity contribution in [3.05, 3.63) is 66.6 Å². The highest BCUT2D eigenvalue weighted by atomic mass is 79.9. The molecular weight excluding hydrogens is 467 g/mol. The topological polar surface area (TPSA) is 80.3 Å². The Kier molecular flexibility index (Phi) is 6.35. The Morgan fingerprint density at radius 2 is 2.04 bits per heavy atom. The van der Waals surface area contributed by atoms with Crippen molar-refractivity contribution >= 4 is 56.2 Å². The van der Waals surface area contributed by atoms with Crippen molar-refractivity contribution in [2.24, 2.45) is 5.10 Å². The van der Waals surface area contributed by atoms with Crippen molar-refractivity contribution in [1.82, 2.24) is 9.66 Å². The maximum Gasteiger partial charge on any atom is 0.282 e. The van der Waals surface area contributed by atoms with E-state index < -0.39 is 0 Å². The standard InChI is InChI=1S/C19H13BrCl2N4O2/c1-2-17-25-16-4-3-12(20)9-13(16)19(27)26(17)24-10-11-7-14(21)18(15(22)8-11)28-6-5-23/h3-4,7-10H,2,6H2,1H3. The number of aryl methyl sites for hydroxylation is 1. The SMILES string of the molecule is CCc1nc2ccc(Br)cc2c(=O)n1N=Cc1cc(Cl)c(OCC#N)c(Cl)c1. The lowest BCUT2D eigenvalue weighted by Crippen LogP contribution is -2.22. The number of nitrogens with zero attached hydrogens (tertiary/aromatic N) is 4. The second-order valence-electron chi connectivity index (χ2n) is 5.67. The fourth-order valence-electron chi connectivity index (χ4n) is 2.56. The van der Waals surface area contributed by atoms with Gasteiger partial charge in [-0.2, -0.15) is 15.0 Å². The molecule has 0 aliphatic carbocycles. The minimum Gasteiger partial charge on any atom is -0.476 e. The molecule has 0 saturated carbocycles. The van der Waals surface area contributed by atoms with Crippen molar-refractivity contribution in [2.45, 2.75) is 13.3 Å². The summed E-state index contributed by atoms with van der Waals surface area (Å²) in [5, 5.41) is 13.9. The van der Waals surface area contributed by atoms with Gasteiger partial charge in [0, 0.05) is 10.9 Å². The first kappa shape index (κ1) is 20.3. The number of fused-ring (bicyclic) bond motifs is 1. The molecule has 3 aromatic rings. The number of benzene rings is 2. The summed E-state index contributed by atoms with van der Waals surface area (Å²) in [6.45, 7) is 1.73. The molecule has 0 fully saturated rings. The quantitative estimate of drug-likeness (QED) is 0.491. The average Bonchev–Trinajstić information content (AvgIpc) is 2.67. The molecule has 2 aromatic carbocycles. The van der Waals surface area contributed by atoms with Crippen LogP contribution in [0.1, 0.15) is 18.3 Å². The highest BCUT2D eigenvalue weighted by Gasteiger charge is 2.11. The van der Waals surface area contributed by atoms with Crippen LogP contribution in [0, 0.1) is 11.3 Å². The highest BCUT2D eigenvalue weighted by Crippen LogP contribution is 2.33. The van der Waals surface area contributed by atoms with Gasteiger partial charge in [0.05, 0.1) is 27.2 Å². The third-order valence-electron chi connectivity index (χ3n) is 3.82. The van der Waals surface area contributed by atoms with Crippen LogP contribution in [-0.4, -0.2) is 22.5 Å². The Labute approximate surface area is 179 Å². The average molecular weight is 480 g/mol. The summed E-state index contributed by atoms with van der Waals surface area (Å²) in [5.74, 6) is 0.757. The first-order chi connectivity index (χ1) is 13.4. The molecule has 1 heterocycles. The van der Waals surface area contributed by atoms with Gasteiger partial charge in [0.15, 0.2) is 12.4 Å². The summed E-state index contributed by atoms with van der Waals surface area (Å²) >= 11 is 15.7. The van der Waals surface area contributed by atoms with E-state index in [1.54, 1.807) is 24.3 Å². The Morgan fingerprint density at radius 1 is 1.32 bits per heavy atom. The number of rotatable bonds is 5. The van der Waals surface area contributed by atoms with Crippen LogP contribution < -0.4 is 10.3 Å². The molecule has 28 heavy (non-hydrogen) atoms. The van der Waals surface area contributed by atoms with Crippen molar-refractivity contribution in [1.29, 1.82) is 5.26 Å². The number of hydrogen-bond acceptors (Lipinski definition) is 5. The number of halogens is 3. The molecule has 0 atom stereocenters. The predicted octanol–water partition coefficient (Wildman–Crippen LogP) is 4.81. The predicted molar refractivity (Wildman–Crippen MR) is 114 cm³/mol. The highest BCUT2D eigenvalue weighted by molar-refractivity contribution is 9.10. The molecule has 0 aliphatic rings. The van der Waals surface area contributed by atoms with Crippen LogP contribution in [0.5, 0.6) is 5.75 Å². The van der Waals surface area contributed by atoms with Gasteiger partial charge in [-0.25, -0.2) is 4.98 Å². The van der Waals surface area contributed by atoms with Crippen LogP contribution in [0.25, 0.3) is 10.9 Å². The van der Waals surface area contributed by atoms with Crippen molar-refractivity contribution in [3.8, 4) is 11.8 Å². The Bertz CT molecular complexity index is 1160. The van der Waals surface area contributed by atoms with Crippen LogP contribution >= 0.6 is 39.1 Å². The summed E-state index contributed by atoms with van der Waals surface area (Å²) in [7, 11) is 0. The smallest absolute Gasteiger partial charge is 0.282 e. The molecular formula is C19H13BrCl2N4O2. The van der Waals surface area contributed by atoms with E-state index in [0.29, 0.717) is 28.7 Å². The molecule has 0 amide bonds. The van der Waals surface area contributed by atoms with Gasteiger partial charge in [-0.1, -0.05) is 46.1 Å². The van der Waals surface area contributed by atoms with Crippen molar-refractivity contribution in [3.63, 3.8) is 0 Å². The van der Waals surface area contributed by atoms with E-state index in [1.165, 1.54) is 10.9 Å². The maximum atomic E-state index is 12.9. The van der Waals surface area contributed by atoms with Crippen LogP contribution in [0.15, 0.2) is 44.7 Å². The largest absolute Gasteiger partial charge is 0.476 e. The number of ether oxygens (including phenoxy) is 1. The van der Waals surface area contributed by atoms with Gasteiger partial charge in [-0.3, -0.25) is 4.79 Å².